The third-order valence-corrected chi connectivity index (χ3v) is 4.35. The largest absolute Gasteiger partial charge is 0.465 e. The van der Waals surface area contributed by atoms with E-state index in [9.17, 15) is 9.18 Å². The van der Waals surface area contributed by atoms with Crippen LogP contribution < -0.4 is 11.1 Å². The summed E-state index contributed by atoms with van der Waals surface area (Å²) in [4.78, 5) is 20.4. The van der Waals surface area contributed by atoms with Crippen LogP contribution in [-0.4, -0.2) is 23.5 Å². The zero-order valence-corrected chi connectivity index (χ0v) is 13.3. The van der Waals surface area contributed by atoms with E-state index in [1.807, 2.05) is 0 Å². The van der Waals surface area contributed by atoms with Crippen molar-refractivity contribution in [3.63, 3.8) is 0 Å². The van der Waals surface area contributed by atoms with Gasteiger partial charge in [-0.05, 0) is 18.2 Å². The van der Waals surface area contributed by atoms with Crippen LogP contribution in [-0.2, 0) is 4.74 Å². The smallest absolute Gasteiger partial charge is 0.282 e. The maximum atomic E-state index is 14.1. The molecule has 1 aliphatic rings. The molecule has 9 heteroatoms. The minimum atomic E-state index is -0.432. The molecule has 0 aliphatic carbocycles. The SMILES string of the molecule is NC1=NC(c2cc(NC(=O)c3cnc(Cl)s3)ccc2F)CCO1. The van der Waals surface area contributed by atoms with E-state index in [1.54, 1.807) is 6.07 Å². The van der Waals surface area contributed by atoms with Gasteiger partial charge in [0.15, 0.2) is 4.47 Å². The molecular formula is C14H12ClFN4O2S. The molecule has 1 aromatic heterocycles. The van der Waals surface area contributed by atoms with Gasteiger partial charge in [-0.1, -0.05) is 22.9 Å². The molecule has 6 nitrogen and oxygen atoms in total. The van der Waals surface area contributed by atoms with E-state index in [2.05, 4.69) is 15.3 Å². The van der Waals surface area contributed by atoms with Crippen LogP contribution in [0.25, 0.3) is 0 Å². The fourth-order valence-corrected chi connectivity index (χ4v) is 3.02. The third-order valence-electron chi connectivity index (χ3n) is 3.24. The number of anilines is 1. The number of ether oxygens (including phenoxy) is 1. The fraction of sp³-hybridized carbons (Fsp3) is 0.214. The average Bonchev–Trinajstić information content (AvgIpc) is 2.96. The van der Waals surface area contributed by atoms with Gasteiger partial charge in [0.2, 0.25) is 0 Å². The van der Waals surface area contributed by atoms with Gasteiger partial charge in [0.1, 0.15) is 10.7 Å². The molecule has 2 heterocycles. The van der Waals surface area contributed by atoms with E-state index in [0.29, 0.717) is 29.2 Å². The Morgan fingerprint density at radius 1 is 1.52 bits per heavy atom. The Kier molecular flexibility index (Phi) is 4.44. The minimum absolute atomic E-state index is 0.0365. The minimum Gasteiger partial charge on any atom is -0.465 e. The van der Waals surface area contributed by atoms with Gasteiger partial charge in [-0.25, -0.2) is 14.4 Å². The molecule has 23 heavy (non-hydrogen) atoms. The van der Waals surface area contributed by atoms with Gasteiger partial charge in [0.05, 0.1) is 18.8 Å². The third kappa shape index (κ3) is 3.59. The predicted molar refractivity (Wildman–Crippen MR) is 86.4 cm³/mol. The molecule has 1 aliphatic heterocycles. The van der Waals surface area contributed by atoms with Crippen molar-refractivity contribution in [3.05, 3.63) is 45.1 Å². The maximum Gasteiger partial charge on any atom is 0.282 e. The molecule has 1 amide bonds. The summed E-state index contributed by atoms with van der Waals surface area (Å²) in [6, 6.07) is 3.91. The number of benzene rings is 1. The topological polar surface area (TPSA) is 89.6 Å². The Labute approximate surface area is 140 Å². The van der Waals surface area contributed by atoms with Gasteiger partial charge in [0, 0.05) is 17.7 Å². The number of amidine groups is 1. The number of hydrogen-bond donors (Lipinski definition) is 2. The number of thiazole rings is 1. The van der Waals surface area contributed by atoms with E-state index < -0.39 is 11.9 Å². The number of aromatic nitrogens is 1. The van der Waals surface area contributed by atoms with E-state index in [-0.39, 0.29) is 16.4 Å². The predicted octanol–water partition coefficient (Wildman–Crippen LogP) is 2.96. The normalized spacial score (nSPS) is 17.3. The van der Waals surface area contributed by atoms with Crippen molar-refractivity contribution < 1.29 is 13.9 Å². The van der Waals surface area contributed by atoms with E-state index in [0.717, 1.165) is 11.3 Å². The van der Waals surface area contributed by atoms with Crippen LogP contribution >= 0.6 is 22.9 Å². The van der Waals surface area contributed by atoms with Crippen molar-refractivity contribution in [3.8, 4) is 0 Å². The molecule has 0 fully saturated rings. The first kappa shape index (κ1) is 15.7. The lowest BCUT2D eigenvalue weighted by atomic mass is 10.0. The van der Waals surface area contributed by atoms with Gasteiger partial charge in [0.25, 0.3) is 11.9 Å². The Bertz CT molecular complexity index is 780. The number of aliphatic imine (C=N–C) groups is 1. The number of rotatable bonds is 3. The van der Waals surface area contributed by atoms with Crippen molar-refractivity contribution >= 4 is 40.6 Å². The summed E-state index contributed by atoms with van der Waals surface area (Å²) in [6.45, 7) is 0.370. The monoisotopic (exact) mass is 354 g/mol. The maximum absolute atomic E-state index is 14.1. The number of carbonyl (C=O) groups excluding carboxylic acids is 1. The van der Waals surface area contributed by atoms with Crippen molar-refractivity contribution in [2.24, 2.45) is 10.7 Å². The highest BCUT2D eigenvalue weighted by Gasteiger charge is 2.21. The summed E-state index contributed by atoms with van der Waals surface area (Å²) in [5.74, 6) is -0.769. The lowest BCUT2D eigenvalue weighted by Crippen LogP contribution is -2.24. The Balaban J connectivity index is 1.83. The van der Waals surface area contributed by atoms with E-state index >= 15 is 0 Å². The number of hydrogen-bond acceptors (Lipinski definition) is 6. The lowest BCUT2D eigenvalue weighted by Gasteiger charge is -2.20. The second-order valence-corrected chi connectivity index (χ2v) is 6.40. The first-order valence-electron chi connectivity index (χ1n) is 6.71. The van der Waals surface area contributed by atoms with Gasteiger partial charge >= 0.3 is 0 Å². The number of amides is 1. The van der Waals surface area contributed by atoms with Crippen LogP contribution in [0.5, 0.6) is 0 Å². The van der Waals surface area contributed by atoms with Gasteiger partial charge in [-0.3, -0.25) is 4.79 Å². The molecule has 0 radical (unpaired) electrons. The lowest BCUT2D eigenvalue weighted by molar-refractivity contribution is 0.103. The van der Waals surface area contributed by atoms with Crippen molar-refractivity contribution in [1.29, 1.82) is 0 Å². The highest BCUT2D eigenvalue weighted by molar-refractivity contribution is 7.17. The summed E-state index contributed by atoms with van der Waals surface area (Å²) in [5.41, 5.74) is 6.34. The van der Waals surface area contributed by atoms with Crippen LogP contribution in [0.1, 0.15) is 27.7 Å². The summed E-state index contributed by atoms with van der Waals surface area (Å²) in [5, 5.41) is 2.68. The van der Waals surface area contributed by atoms with Crippen molar-refractivity contribution in [2.45, 2.75) is 12.5 Å². The molecule has 0 bridgehead atoms. The number of carbonyl (C=O) groups is 1. The van der Waals surface area contributed by atoms with Crippen LogP contribution in [0.15, 0.2) is 29.4 Å². The molecule has 120 valence electrons. The molecular weight excluding hydrogens is 343 g/mol. The van der Waals surface area contributed by atoms with Crippen molar-refractivity contribution in [1.82, 2.24) is 4.98 Å². The van der Waals surface area contributed by atoms with E-state index in [1.165, 1.54) is 18.3 Å². The molecule has 3 rings (SSSR count). The first-order chi connectivity index (χ1) is 11.0. The number of nitrogens with two attached hydrogens (primary N) is 1. The standard InChI is InChI=1S/C14H12ClFN4O2S/c15-13-18-6-11(23-13)12(21)19-7-1-2-9(16)8(5-7)10-3-4-22-14(17)20-10/h1-2,5-6,10H,3-4H2,(H2,17,20)(H,19,21). The van der Waals surface area contributed by atoms with Gasteiger partial charge in [-0.15, -0.1) is 0 Å². The first-order valence-corrected chi connectivity index (χ1v) is 7.90. The van der Waals surface area contributed by atoms with Crippen LogP contribution in [0.2, 0.25) is 4.47 Å². The van der Waals surface area contributed by atoms with Crippen molar-refractivity contribution in [2.75, 3.05) is 11.9 Å². The summed E-state index contributed by atoms with van der Waals surface area (Å²) in [7, 11) is 0. The molecule has 0 saturated heterocycles. The molecule has 3 N–H and O–H groups in total. The Morgan fingerprint density at radius 2 is 2.35 bits per heavy atom. The van der Waals surface area contributed by atoms with E-state index in [4.69, 9.17) is 22.1 Å². The molecule has 0 spiro atoms. The Morgan fingerprint density at radius 3 is 3.04 bits per heavy atom. The van der Waals surface area contributed by atoms with Crippen LogP contribution in [0, 0.1) is 5.82 Å². The zero-order valence-electron chi connectivity index (χ0n) is 11.8. The fourth-order valence-electron chi connectivity index (χ4n) is 2.18. The number of nitrogens with one attached hydrogen (secondary N) is 1. The highest BCUT2D eigenvalue weighted by Crippen LogP contribution is 2.29. The average molecular weight is 355 g/mol. The molecule has 0 saturated carbocycles. The zero-order chi connectivity index (χ0) is 16.4. The molecule has 1 aromatic carbocycles. The second kappa shape index (κ2) is 6.51. The summed E-state index contributed by atoms with van der Waals surface area (Å²) in [6.07, 6.45) is 1.90. The van der Waals surface area contributed by atoms with Gasteiger partial charge < -0.3 is 15.8 Å². The Hall–Kier alpha value is -2.19. The number of halogens is 2. The van der Waals surface area contributed by atoms with Crippen LogP contribution in [0.3, 0.4) is 0 Å². The highest BCUT2D eigenvalue weighted by atomic mass is 35.5. The van der Waals surface area contributed by atoms with Gasteiger partial charge in [-0.2, -0.15) is 0 Å². The summed E-state index contributed by atoms with van der Waals surface area (Å²) < 4.78 is 19.4. The number of nitrogens with zero attached hydrogens (tertiary/aromatic N) is 2. The molecule has 1 atom stereocenters. The van der Waals surface area contributed by atoms with Crippen LogP contribution in [0.4, 0.5) is 10.1 Å². The second-order valence-electron chi connectivity index (χ2n) is 4.79. The quantitative estimate of drug-likeness (QED) is 0.886. The molecule has 2 aromatic rings. The molecule has 1 unspecified atom stereocenters. The summed E-state index contributed by atoms with van der Waals surface area (Å²) >= 11 is 6.77.